The van der Waals surface area contributed by atoms with E-state index in [1.807, 2.05) is 0 Å². The van der Waals surface area contributed by atoms with E-state index >= 15 is 0 Å². The minimum atomic E-state index is -2.03. The molecule has 1 N–H and O–H groups in total. The van der Waals surface area contributed by atoms with Crippen LogP contribution in [0.2, 0.25) is 0 Å². The lowest BCUT2D eigenvalue weighted by Gasteiger charge is -2.03. The van der Waals surface area contributed by atoms with Crippen molar-refractivity contribution >= 4 is 23.5 Å². The number of hydrogen-bond donors (Lipinski definition) is 1. The summed E-state index contributed by atoms with van der Waals surface area (Å²) >= 11 is 4.92. The van der Waals surface area contributed by atoms with E-state index in [1.165, 1.54) is 0 Å². The minimum absolute atomic E-state index is 0.195. The molecule has 0 radical (unpaired) electrons. The Morgan fingerprint density at radius 3 is 2.88 bits per heavy atom. The molecule has 1 aromatic rings. The van der Waals surface area contributed by atoms with Gasteiger partial charge in [0.2, 0.25) is 5.89 Å². The smallest absolute Gasteiger partial charge is 0.270 e. The molecule has 1 amide bonds. The zero-order valence-corrected chi connectivity index (χ0v) is 9.66. The highest BCUT2D eigenvalue weighted by molar-refractivity contribution is 6.29. The molecule has 1 rings (SSSR count). The second kappa shape index (κ2) is 5.64. The number of carbonyl (C=O) groups is 1. The Hall–Kier alpha value is -1.37. The van der Waals surface area contributed by atoms with Gasteiger partial charge in [-0.3, -0.25) is 4.79 Å². The van der Waals surface area contributed by atoms with E-state index in [2.05, 4.69) is 15.5 Å². The molecule has 1 heterocycles. The number of anilines is 1. The summed E-state index contributed by atoms with van der Waals surface area (Å²) in [5.41, 5.74) is -2.03. The Bertz CT molecular complexity index is 356. The van der Waals surface area contributed by atoms with Crippen molar-refractivity contribution < 1.29 is 13.7 Å². The Labute approximate surface area is 96.7 Å². The summed E-state index contributed by atoms with van der Waals surface area (Å²) in [4.78, 5) is 16.5. The van der Waals surface area contributed by atoms with Crippen molar-refractivity contribution in [2.45, 2.75) is 12.1 Å². The molecule has 90 valence electrons. The number of rotatable bonds is 5. The van der Waals surface area contributed by atoms with E-state index in [0.717, 1.165) is 0 Å². The van der Waals surface area contributed by atoms with Gasteiger partial charge in [0.1, 0.15) is 0 Å². The Morgan fingerprint density at radius 1 is 1.69 bits per heavy atom. The topological polar surface area (TPSA) is 71.3 Å². The summed E-state index contributed by atoms with van der Waals surface area (Å²) in [7, 11) is 3.55. The Kier molecular flexibility index (Phi) is 4.48. The van der Waals surface area contributed by atoms with Crippen molar-refractivity contribution in [3.63, 3.8) is 0 Å². The van der Waals surface area contributed by atoms with Crippen molar-refractivity contribution in [2.75, 3.05) is 25.5 Å². The third-order valence-electron chi connectivity index (χ3n) is 1.69. The molecule has 1 unspecified atom stereocenters. The number of aromatic nitrogens is 2. The lowest BCUT2D eigenvalue weighted by atomic mass is 10.4. The minimum Gasteiger partial charge on any atom is -0.352 e. The fourth-order valence-electron chi connectivity index (χ4n) is 0.899. The van der Waals surface area contributed by atoms with Crippen molar-refractivity contribution in [1.29, 1.82) is 0 Å². The second-order valence-electron chi connectivity index (χ2n) is 3.22. The maximum Gasteiger partial charge on any atom is 0.270 e. The SMILES string of the molecule is CN(C)c1noc(CCNC(=O)C(F)Cl)n1. The molecule has 16 heavy (non-hydrogen) atoms. The zero-order chi connectivity index (χ0) is 12.1. The van der Waals surface area contributed by atoms with Gasteiger partial charge in [0.05, 0.1) is 0 Å². The van der Waals surface area contributed by atoms with Gasteiger partial charge in [0, 0.05) is 27.1 Å². The van der Waals surface area contributed by atoms with Gasteiger partial charge in [-0.15, -0.1) is 0 Å². The van der Waals surface area contributed by atoms with Gasteiger partial charge in [0.15, 0.2) is 0 Å². The molecule has 0 saturated carbocycles. The number of nitrogens with one attached hydrogen (secondary N) is 1. The fourth-order valence-corrected chi connectivity index (χ4v) is 0.976. The van der Waals surface area contributed by atoms with E-state index < -0.39 is 11.5 Å². The second-order valence-corrected chi connectivity index (χ2v) is 3.61. The molecule has 6 nitrogen and oxygen atoms in total. The number of carbonyl (C=O) groups excluding carboxylic acids is 1. The van der Waals surface area contributed by atoms with Crippen molar-refractivity contribution in [2.24, 2.45) is 0 Å². The van der Waals surface area contributed by atoms with Gasteiger partial charge in [-0.1, -0.05) is 11.6 Å². The summed E-state index contributed by atoms with van der Waals surface area (Å²) in [6.07, 6.45) is 0.330. The summed E-state index contributed by atoms with van der Waals surface area (Å²) < 4.78 is 17.1. The number of halogens is 2. The van der Waals surface area contributed by atoms with Crippen LogP contribution < -0.4 is 10.2 Å². The monoisotopic (exact) mass is 250 g/mol. The van der Waals surface area contributed by atoms with Crippen LogP contribution in [-0.4, -0.2) is 42.3 Å². The first-order chi connectivity index (χ1) is 7.50. The predicted octanol–water partition coefficient (Wildman–Crippen LogP) is 0.329. The summed E-state index contributed by atoms with van der Waals surface area (Å²) in [5.74, 6) is -0.0509. The Morgan fingerprint density at radius 2 is 2.38 bits per heavy atom. The van der Waals surface area contributed by atoms with Gasteiger partial charge in [0.25, 0.3) is 17.5 Å². The standard InChI is InChI=1S/C8H12ClFN4O2/c1-14(2)8-12-5(16-13-8)3-4-11-7(15)6(9)10/h6H,3-4H2,1-2H3,(H,11,15). The molecular formula is C8H12ClFN4O2. The van der Waals surface area contributed by atoms with Crippen LogP contribution in [0.1, 0.15) is 5.89 Å². The van der Waals surface area contributed by atoms with Crippen LogP contribution in [0.4, 0.5) is 10.3 Å². The molecule has 0 aromatic carbocycles. The lowest BCUT2D eigenvalue weighted by Crippen LogP contribution is -2.30. The molecule has 0 aliphatic carbocycles. The highest BCUT2D eigenvalue weighted by Gasteiger charge is 2.13. The van der Waals surface area contributed by atoms with Crippen molar-refractivity contribution in [3.05, 3.63) is 5.89 Å². The molecule has 8 heteroatoms. The first-order valence-electron chi connectivity index (χ1n) is 4.56. The molecule has 1 atom stereocenters. The highest BCUT2D eigenvalue weighted by atomic mass is 35.5. The number of hydrogen-bond acceptors (Lipinski definition) is 5. The maximum atomic E-state index is 12.2. The van der Waals surface area contributed by atoms with E-state index in [9.17, 15) is 9.18 Å². The van der Waals surface area contributed by atoms with Crippen LogP contribution in [0.25, 0.3) is 0 Å². The number of alkyl halides is 2. The highest BCUT2D eigenvalue weighted by Crippen LogP contribution is 2.05. The maximum absolute atomic E-state index is 12.2. The van der Waals surface area contributed by atoms with Crippen LogP contribution in [0.5, 0.6) is 0 Å². The van der Waals surface area contributed by atoms with Gasteiger partial charge >= 0.3 is 0 Å². The first kappa shape index (κ1) is 12.7. The molecular weight excluding hydrogens is 239 g/mol. The van der Waals surface area contributed by atoms with Crippen LogP contribution in [-0.2, 0) is 11.2 Å². The average molecular weight is 251 g/mol. The van der Waals surface area contributed by atoms with E-state index in [-0.39, 0.29) is 6.54 Å². The van der Waals surface area contributed by atoms with Crippen molar-refractivity contribution in [3.8, 4) is 0 Å². The molecule has 0 bridgehead atoms. The first-order valence-corrected chi connectivity index (χ1v) is 5.00. The average Bonchev–Trinajstić information content (AvgIpc) is 2.66. The third-order valence-corrected chi connectivity index (χ3v) is 1.89. The van der Waals surface area contributed by atoms with Crippen LogP contribution in [0.15, 0.2) is 4.52 Å². The normalized spacial score (nSPS) is 12.2. The lowest BCUT2D eigenvalue weighted by molar-refractivity contribution is -0.123. The molecule has 0 aliphatic heterocycles. The van der Waals surface area contributed by atoms with Crippen LogP contribution in [0, 0.1) is 0 Å². The predicted molar refractivity (Wildman–Crippen MR) is 56.1 cm³/mol. The molecule has 0 aliphatic rings. The third kappa shape index (κ3) is 3.65. The van der Waals surface area contributed by atoms with Crippen LogP contribution in [0.3, 0.4) is 0 Å². The fraction of sp³-hybridized carbons (Fsp3) is 0.625. The molecule has 1 aromatic heterocycles. The van der Waals surface area contributed by atoms with E-state index in [4.69, 9.17) is 16.1 Å². The van der Waals surface area contributed by atoms with E-state index in [1.54, 1.807) is 19.0 Å². The van der Waals surface area contributed by atoms with Gasteiger partial charge in [-0.25, -0.2) is 4.39 Å². The largest absolute Gasteiger partial charge is 0.352 e. The van der Waals surface area contributed by atoms with E-state index in [0.29, 0.717) is 18.3 Å². The summed E-state index contributed by atoms with van der Waals surface area (Å²) in [6.45, 7) is 0.195. The molecule has 0 spiro atoms. The van der Waals surface area contributed by atoms with Gasteiger partial charge in [-0.05, 0) is 5.16 Å². The number of nitrogens with zero attached hydrogens (tertiary/aromatic N) is 3. The van der Waals surface area contributed by atoms with Gasteiger partial charge < -0.3 is 14.7 Å². The molecule has 0 saturated heterocycles. The zero-order valence-electron chi connectivity index (χ0n) is 8.91. The summed E-state index contributed by atoms with van der Waals surface area (Å²) in [6, 6.07) is 0. The summed E-state index contributed by atoms with van der Waals surface area (Å²) in [5, 5.41) is 5.96. The quantitative estimate of drug-likeness (QED) is 0.763. The Balaban J connectivity index is 2.35. The van der Waals surface area contributed by atoms with Gasteiger partial charge in [-0.2, -0.15) is 4.98 Å². The van der Waals surface area contributed by atoms with Crippen molar-refractivity contribution in [1.82, 2.24) is 15.5 Å². The van der Waals surface area contributed by atoms with Crippen LogP contribution >= 0.6 is 11.6 Å². The number of amides is 1. The molecule has 0 fully saturated rings.